The van der Waals surface area contributed by atoms with Gasteiger partial charge in [-0.1, -0.05) is 6.92 Å². The number of thiazole rings is 1. The predicted octanol–water partition coefficient (Wildman–Crippen LogP) is 3.24. The van der Waals surface area contributed by atoms with Gasteiger partial charge in [-0.3, -0.25) is 0 Å². The van der Waals surface area contributed by atoms with E-state index in [4.69, 9.17) is 5.73 Å². The summed E-state index contributed by atoms with van der Waals surface area (Å²) in [7, 11) is 0. The van der Waals surface area contributed by atoms with Crippen LogP contribution >= 0.6 is 22.7 Å². The molecule has 0 aliphatic heterocycles. The lowest BCUT2D eigenvalue weighted by Crippen LogP contribution is -2.08. The maximum Gasteiger partial charge on any atom is 0.133 e. The van der Waals surface area contributed by atoms with Gasteiger partial charge in [0.1, 0.15) is 5.01 Å². The Hall–Kier alpha value is -0.710. The fourth-order valence-corrected chi connectivity index (χ4v) is 3.18. The smallest absolute Gasteiger partial charge is 0.133 e. The molecule has 4 heteroatoms. The molecular formula is C11H14N2S2. The third-order valence-corrected chi connectivity index (χ3v) is 4.36. The highest BCUT2D eigenvalue weighted by molar-refractivity contribution is 7.21. The molecule has 2 aromatic rings. The third-order valence-electron chi connectivity index (χ3n) is 2.33. The number of hydrogen-bond acceptors (Lipinski definition) is 4. The number of rotatable bonds is 3. The first-order valence-corrected chi connectivity index (χ1v) is 6.62. The van der Waals surface area contributed by atoms with Gasteiger partial charge in [-0.05, 0) is 19.1 Å². The quantitative estimate of drug-likeness (QED) is 0.891. The van der Waals surface area contributed by atoms with Crippen molar-refractivity contribution in [2.45, 2.75) is 19.8 Å². The monoisotopic (exact) mass is 238 g/mol. The first-order valence-electron chi connectivity index (χ1n) is 4.93. The Morgan fingerprint density at radius 1 is 1.47 bits per heavy atom. The minimum Gasteiger partial charge on any atom is -0.330 e. The summed E-state index contributed by atoms with van der Waals surface area (Å²) in [5.41, 5.74) is 6.74. The van der Waals surface area contributed by atoms with Crippen molar-refractivity contribution in [1.29, 1.82) is 0 Å². The van der Waals surface area contributed by atoms with E-state index in [1.165, 1.54) is 9.75 Å². The molecule has 2 rings (SSSR count). The molecule has 0 aliphatic carbocycles. The van der Waals surface area contributed by atoms with Crippen LogP contribution in [0.15, 0.2) is 17.5 Å². The van der Waals surface area contributed by atoms with Gasteiger partial charge in [-0.25, -0.2) is 4.98 Å². The fraction of sp³-hybridized carbons (Fsp3) is 0.364. The maximum atomic E-state index is 5.62. The summed E-state index contributed by atoms with van der Waals surface area (Å²) in [6, 6.07) is 4.27. The van der Waals surface area contributed by atoms with Crippen molar-refractivity contribution >= 4 is 22.7 Å². The van der Waals surface area contributed by atoms with E-state index in [0.29, 0.717) is 12.5 Å². The lowest BCUT2D eigenvalue weighted by atomic mass is 10.1. The normalized spacial score (nSPS) is 13.0. The van der Waals surface area contributed by atoms with Gasteiger partial charge in [-0.15, -0.1) is 22.7 Å². The van der Waals surface area contributed by atoms with Crippen LogP contribution in [0.3, 0.4) is 0 Å². The highest BCUT2D eigenvalue weighted by atomic mass is 32.1. The molecule has 0 fully saturated rings. The van der Waals surface area contributed by atoms with Crippen molar-refractivity contribution in [3.63, 3.8) is 0 Å². The van der Waals surface area contributed by atoms with Crippen LogP contribution in [-0.4, -0.2) is 11.5 Å². The molecule has 0 aliphatic rings. The predicted molar refractivity (Wildman–Crippen MR) is 67.6 cm³/mol. The van der Waals surface area contributed by atoms with E-state index >= 15 is 0 Å². The van der Waals surface area contributed by atoms with Gasteiger partial charge in [-0.2, -0.15) is 0 Å². The van der Waals surface area contributed by atoms with Gasteiger partial charge in [0, 0.05) is 22.7 Å². The minimum atomic E-state index is 0.357. The second-order valence-electron chi connectivity index (χ2n) is 3.62. The number of aromatic nitrogens is 1. The molecule has 1 unspecified atom stereocenters. The lowest BCUT2D eigenvalue weighted by molar-refractivity contribution is 0.752. The number of thiophene rings is 1. The zero-order valence-corrected chi connectivity index (χ0v) is 10.5. The van der Waals surface area contributed by atoms with Gasteiger partial charge in [0.05, 0.1) is 10.6 Å². The minimum absolute atomic E-state index is 0.357. The van der Waals surface area contributed by atoms with Gasteiger partial charge < -0.3 is 5.73 Å². The summed E-state index contributed by atoms with van der Waals surface area (Å²) >= 11 is 3.49. The van der Waals surface area contributed by atoms with Crippen LogP contribution in [-0.2, 0) is 0 Å². The first-order chi connectivity index (χ1) is 7.20. The highest BCUT2D eigenvalue weighted by Gasteiger charge is 2.10. The lowest BCUT2D eigenvalue weighted by Gasteiger charge is -2.02. The molecule has 0 spiro atoms. The van der Waals surface area contributed by atoms with E-state index in [1.807, 2.05) is 0 Å². The van der Waals surface area contributed by atoms with Crippen LogP contribution in [0.1, 0.15) is 23.4 Å². The zero-order valence-electron chi connectivity index (χ0n) is 8.86. The maximum absolute atomic E-state index is 5.62. The van der Waals surface area contributed by atoms with Crippen LogP contribution in [0.25, 0.3) is 9.88 Å². The van der Waals surface area contributed by atoms with E-state index in [1.54, 1.807) is 22.7 Å². The molecule has 15 heavy (non-hydrogen) atoms. The Labute approximate surface area is 97.8 Å². The molecule has 0 radical (unpaired) electrons. The van der Waals surface area contributed by atoms with Crippen LogP contribution in [0.4, 0.5) is 0 Å². The molecule has 80 valence electrons. The number of nitrogens with zero attached hydrogens (tertiary/aromatic N) is 1. The molecule has 0 saturated carbocycles. The number of aryl methyl sites for hydroxylation is 1. The van der Waals surface area contributed by atoms with E-state index < -0.39 is 0 Å². The average molecular weight is 238 g/mol. The highest BCUT2D eigenvalue weighted by Crippen LogP contribution is 2.31. The van der Waals surface area contributed by atoms with E-state index in [9.17, 15) is 0 Å². The average Bonchev–Trinajstić information content (AvgIpc) is 2.84. The third kappa shape index (κ3) is 2.27. The number of nitrogens with two attached hydrogens (primary N) is 1. The van der Waals surface area contributed by atoms with Crippen molar-refractivity contribution in [2.24, 2.45) is 5.73 Å². The van der Waals surface area contributed by atoms with Gasteiger partial charge in [0.2, 0.25) is 0 Å². The summed E-state index contributed by atoms with van der Waals surface area (Å²) in [5, 5.41) is 3.23. The largest absolute Gasteiger partial charge is 0.330 e. The molecule has 0 amide bonds. The van der Waals surface area contributed by atoms with Crippen molar-refractivity contribution in [3.05, 3.63) is 28.1 Å². The van der Waals surface area contributed by atoms with Crippen molar-refractivity contribution in [1.82, 2.24) is 4.98 Å². The second-order valence-corrected chi connectivity index (χ2v) is 5.77. The second kappa shape index (κ2) is 4.43. The molecule has 0 bridgehead atoms. The first kappa shape index (κ1) is 10.8. The van der Waals surface area contributed by atoms with Gasteiger partial charge in [0.15, 0.2) is 0 Å². The van der Waals surface area contributed by atoms with Crippen LogP contribution < -0.4 is 5.73 Å². The molecule has 0 aromatic carbocycles. The van der Waals surface area contributed by atoms with Crippen LogP contribution in [0.5, 0.6) is 0 Å². The number of hydrogen-bond donors (Lipinski definition) is 1. The summed E-state index contributed by atoms with van der Waals surface area (Å²) in [5.74, 6) is 0.357. The standard InChI is InChI=1S/C11H14N2S2/c1-7(5-12)9-6-14-11(13-9)10-4-3-8(2)15-10/h3-4,6-7H,5,12H2,1-2H3. The van der Waals surface area contributed by atoms with Crippen LogP contribution in [0.2, 0.25) is 0 Å². The van der Waals surface area contributed by atoms with E-state index in [0.717, 1.165) is 10.7 Å². The van der Waals surface area contributed by atoms with Gasteiger partial charge >= 0.3 is 0 Å². The van der Waals surface area contributed by atoms with Crippen molar-refractivity contribution < 1.29 is 0 Å². The molecule has 1 atom stereocenters. The summed E-state index contributed by atoms with van der Waals surface area (Å²) < 4.78 is 0. The zero-order chi connectivity index (χ0) is 10.8. The molecular weight excluding hydrogens is 224 g/mol. The summed E-state index contributed by atoms with van der Waals surface area (Å²) in [6.45, 7) is 4.89. The summed E-state index contributed by atoms with van der Waals surface area (Å²) in [4.78, 5) is 7.20. The van der Waals surface area contributed by atoms with Crippen molar-refractivity contribution in [2.75, 3.05) is 6.54 Å². The molecule has 0 saturated heterocycles. The van der Waals surface area contributed by atoms with Gasteiger partial charge in [0.25, 0.3) is 0 Å². The Bertz CT molecular complexity index is 445. The SMILES string of the molecule is Cc1ccc(-c2nc(C(C)CN)cs2)s1. The Balaban J connectivity index is 2.27. The molecule has 2 nitrogen and oxygen atoms in total. The van der Waals surface area contributed by atoms with E-state index in [-0.39, 0.29) is 0 Å². The Morgan fingerprint density at radius 2 is 2.27 bits per heavy atom. The fourth-order valence-electron chi connectivity index (χ4n) is 1.30. The van der Waals surface area contributed by atoms with Crippen molar-refractivity contribution in [3.8, 4) is 9.88 Å². The Kier molecular flexibility index (Phi) is 3.19. The molecule has 2 heterocycles. The topological polar surface area (TPSA) is 38.9 Å². The summed E-state index contributed by atoms with van der Waals surface area (Å²) in [6.07, 6.45) is 0. The molecule has 2 aromatic heterocycles. The molecule has 2 N–H and O–H groups in total. The van der Waals surface area contributed by atoms with E-state index in [2.05, 4.69) is 36.3 Å². The van der Waals surface area contributed by atoms with Crippen LogP contribution in [0, 0.1) is 6.92 Å². The Morgan fingerprint density at radius 3 is 2.87 bits per heavy atom.